The number of fused-ring (bicyclic) bond motifs is 2. The number of aromatic nitrogens is 2. The lowest BCUT2D eigenvalue weighted by molar-refractivity contribution is -0.0388. The lowest BCUT2D eigenvalue weighted by atomic mass is 9.74. The summed E-state index contributed by atoms with van der Waals surface area (Å²) in [5, 5.41) is 29.5. The predicted octanol–water partition coefficient (Wildman–Crippen LogP) is 5.32. The van der Waals surface area contributed by atoms with Crippen molar-refractivity contribution in [1.82, 2.24) is 14.9 Å². The van der Waals surface area contributed by atoms with Gasteiger partial charge < -0.3 is 29.7 Å². The van der Waals surface area contributed by atoms with Gasteiger partial charge in [-0.1, -0.05) is 43.0 Å². The fraction of sp³-hybridized carbons (Fsp3) is 0.500. The molecule has 12 heteroatoms. The lowest BCUT2D eigenvalue weighted by Gasteiger charge is -2.37. The molecule has 42 heavy (non-hydrogen) atoms. The van der Waals surface area contributed by atoms with Crippen molar-refractivity contribution in [3.63, 3.8) is 0 Å². The van der Waals surface area contributed by atoms with Crippen LogP contribution >= 0.6 is 0 Å². The second-order valence-corrected chi connectivity index (χ2v) is 18.1. The predicted molar refractivity (Wildman–Crippen MR) is 161 cm³/mol. The summed E-state index contributed by atoms with van der Waals surface area (Å²) >= 11 is 0. The van der Waals surface area contributed by atoms with Crippen LogP contribution in [0, 0.1) is 5.82 Å². The lowest BCUT2D eigenvalue weighted by Crippen LogP contribution is -2.33. The summed E-state index contributed by atoms with van der Waals surface area (Å²) in [7, 11) is -1.30. The Hall–Kier alpha value is -3.48. The van der Waals surface area contributed by atoms with E-state index in [9.17, 15) is 15.1 Å². The molecule has 0 saturated heterocycles. The second kappa shape index (κ2) is 12.0. The van der Waals surface area contributed by atoms with Gasteiger partial charge in [-0.25, -0.2) is 14.2 Å². The van der Waals surface area contributed by atoms with E-state index in [0.29, 0.717) is 36.0 Å². The van der Waals surface area contributed by atoms with Crippen molar-refractivity contribution < 1.29 is 29.0 Å². The molecular weight excluding hydrogens is 557 g/mol. The highest BCUT2D eigenvalue weighted by Crippen LogP contribution is 2.42. The molecule has 1 saturated carbocycles. The van der Waals surface area contributed by atoms with Crippen molar-refractivity contribution in [3.8, 4) is 0 Å². The summed E-state index contributed by atoms with van der Waals surface area (Å²) in [6.07, 6.45) is 4.78. The van der Waals surface area contributed by atoms with Crippen LogP contribution in [0.4, 0.5) is 15.0 Å². The number of amides is 1. The van der Waals surface area contributed by atoms with Crippen LogP contribution in [-0.4, -0.2) is 59.1 Å². The molecule has 2 aliphatic carbocycles. The number of carbonyl (C=O) groups excluding carboxylic acids is 1. The first-order chi connectivity index (χ1) is 20.0. The Kier molecular flexibility index (Phi) is 8.58. The summed E-state index contributed by atoms with van der Waals surface area (Å²) in [6.45, 7) is 9.29. The van der Waals surface area contributed by atoms with E-state index in [0.717, 1.165) is 42.0 Å². The molecule has 0 radical (unpaired) electrons. The molecule has 10 nitrogen and oxygen atoms in total. The van der Waals surface area contributed by atoms with Crippen LogP contribution in [0.15, 0.2) is 35.6 Å². The van der Waals surface area contributed by atoms with Gasteiger partial charge in [-0.05, 0) is 61.8 Å². The number of hydrogen-bond acceptors (Lipinski definition) is 8. The average molecular weight is 598 g/mol. The van der Waals surface area contributed by atoms with Crippen LogP contribution in [0.2, 0.25) is 25.7 Å². The molecule has 2 aliphatic rings. The molecule has 1 fully saturated rings. The minimum absolute atomic E-state index is 0.0604. The monoisotopic (exact) mass is 597 g/mol. The van der Waals surface area contributed by atoms with E-state index >= 15 is 4.39 Å². The van der Waals surface area contributed by atoms with Gasteiger partial charge in [-0.2, -0.15) is 0 Å². The Labute approximate surface area is 245 Å². The zero-order valence-corrected chi connectivity index (χ0v) is 25.7. The van der Waals surface area contributed by atoms with Crippen LogP contribution in [0.1, 0.15) is 48.4 Å². The molecule has 1 amide bonds. The van der Waals surface area contributed by atoms with Gasteiger partial charge in [0.2, 0.25) is 0 Å². The maximum atomic E-state index is 15.5. The van der Waals surface area contributed by atoms with E-state index in [2.05, 4.69) is 52.5 Å². The van der Waals surface area contributed by atoms with Gasteiger partial charge in [0.25, 0.3) is 0 Å². The number of ether oxygens (including phenoxy) is 2. The smallest absolute Gasteiger partial charge is 0.412 e. The maximum absolute atomic E-state index is 15.5. The standard InChI is InChI=1S/C30H40FN5O5Si/c1-5-41-29(37)34-27(35-39)23-17-36(18-40-11-12-42(2,3)4)25-16-24(31)28(33-26(23)25)32-22-14-19-7-8-21(13-20(19)15-22)30(38)9-6-10-30/h7-8,13,16-17,22,38-39H,5-6,9-12,14-15,18H2,1-4H3,(H,32,33)(H,34,35,37). The van der Waals surface area contributed by atoms with Gasteiger partial charge in [-0.3, -0.25) is 5.32 Å². The first-order valence-corrected chi connectivity index (χ1v) is 18.2. The number of pyridine rings is 1. The fourth-order valence-electron chi connectivity index (χ4n) is 5.52. The number of rotatable bonds is 10. The minimum Gasteiger partial charge on any atom is -0.450 e. The number of halogens is 1. The van der Waals surface area contributed by atoms with E-state index in [-0.39, 0.29) is 31.0 Å². The molecule has 0 bridgehead atoms. The van der Waals surface area contributed by atoms with Crippen LogP contribution < -0.4 is 10.6 Å². The van der Waals surface area contributed by atoms with E-state index in [1.54, 1.807) is 17.7 Å². The number of anilines is 1. The van der Waals surface area contributed by atoms with Crippen LogP contribution in [-0.2, 0) is 34.6 Å². The molecule has 4 N–H and O–H groups in total. The van der Waals surface area contributed by atoms with Crippen molar-refractivity contribution in [2.45, 2.75) is 83.1 Å². The molecule has 2 heterocycles. The number of nitrogens with zero attached hydrogens (tertiary/aromatic N) is 3. The van der Waals surface area contributed by atoms with Gasteiger partial charge in [0.15, 0.2) is 17.5 Å². The molecule has 226 valence electrons. The van der Waals surface area contributed by atoms with E-state index in [4.69, 9.17) is 9.47 Å². The van der Waals surface area contributed by atoms with Crippen molar-refractivity contribution >= 4 is 36.9 Å². The molecule has 1 unspecified atom stereocenters. The van der Waals surface area contributed by atoms with Crippen molar-refractivity contribution in [2.75, 3.05) is 18.5 Å². The second-order valence-electron chi connectivity index (χ2n) is 12.5. The van der Waals surface area contributed by atoms with Crippen LogP contribution in [0.25, 0.3) is 11.0 Å². The highest BCUT2D eigenvalue weighted by Gasteiger charge is 2.37. The maximum Gasteiger partial charge on any atom is 0.412 e. The number of benzene rings is 1. The molecular formula is C30H40FN5O5Si. The normalized spacial score (nSPS) is 18.0. The summed E-state index contributed by atoms with van der Waals surface area (Å²) in [5.74, 6) is -0.638. The number of nitrogens with one attached hydrogen (secondary N) is 2. The van der Waals surface area contributed by atoms with Gasteiger partial charge in [0.1, 0.15) is 12.2 Å². The van der Waals surface area contributed by atoms with E-state index < -0.39 is 25.6 Å². The number of carbonyl (C=O) groups is 1. The van der Waals surface area contributed by atoms with Gasteiger partial charge >= 0.3 is 6.09 Å². The van der Waals surface area contributed by atoms with Crippen molar-refractivity contribution in [3.05, 3.63) is 58.5 Å². The fourth-order valence-corrected chi connectivity index (χ4v) is 6.28. The first kappa shape index (κ1) is 30.0. The highest BCUT2D eigenvalue weighted by atomic mass is 28.3. The number of hydrogen-bond donors (Lipinski definition) is 4. The number of oxime groups is 1. The van der Waals surface area contributed by atoms with Crippen molar-refractivity contribution in [1.29, 1.82) is 0 Å². The van der Waals surface area contributed by atoms with Gasteiger partial charge in [-0.15, -0.1) is 0 Å². The molecule has 0 aliphatic heterocycles. The number of amidine groups is 1. The van der Waals surface area contributed by atoms with E-state index in [1.807, 2.05) is 6.07 Å². The average Bonchev–Trinajstić information content (AvgIpc) is 3.48. The van der Waals surface area contributed by atoms with E-state index in [1.165, 1.54) is 6.07 Å². The molecule has 0 spiro atoms. The Bertz CT molecular complexity index is 1500. The SMILES string of the molecule is CCOC(=O)N/C(=N/O)c1cn(COCC[Si](C)(C)C)c2cc(F)c(NC3Cc4ccc(C5(O)CCC5)cc4C3)nc12. The number of aliphatic hydroxyl groups is 1. The number of alkyl carbamates (subject to hydrolysis) is 1. The van der Waals surface area contributed by atoms with Crippen molar-refractivity contribution in [2.24, 2.45) is 5.16 Å². The van der Waals surface area contributed by atoms with Gasteiger partial charge in [0, 0.05) is 33.0 Å². The third-order valence-electron chi connectivity index (χ3n) is 8.08. The Balaban J connectivity index is 1.41. The topological polar surface area (TPSA) is 130 Å². The summed E-state index contributed by atoms with van der Waals surface area (Å²) < 4.78 is 28.1. The Morgan fingerprint density at radius 1 is 1.24 bits per heavy atom. The largest absolute Gasteiger partial charge is 0.450 e. The zero-order chi connectivity index (χ0) is 30.1. The van der Waals surface area contributed by atoms with Crippen LogP contribution in [0.5, 0.6) is 0 Å². The summed E-state index contributed by atoms with van der Waals surface area (Å²) in [5.41, 5.74) is 3.58. The molecule has 3 aromatic rings. The third-order valence-corrected chi connectivity index (χ3v) is 9.79. The highest BCUT2D eigenvalue weighted by molar-refractivity contribution is 6.76. The molecule has 1 atom stereocenters. The third kappa shape index (κ3) is 6.45. The quantitative estimate of drug-likeness (QED) is 0.0622. The Morgan fingerprint density at radius 3 is 2.67 bits per heavy atom. The van der Waals surface area contributed by atoms with Crippen LogP contribution in [0.3, 0.4) is 0 Å². The molecule has 5 rings (SSSR count). The zero-order valence-electron chi connectivity index (χ0n) is 24.7. The molecule has 2 aromatic heterocycles. The minimum atomic E-state index is -1.30. The summed E-state index contributed by atoms with van der Waals surface area (Å²) in [4.78, 5) is 16.8. The summed E-state index contributed by atoms with van der Waals surface area (Å²) in [6, 6.07) is 8.39. The van der Waals surface area contributed by atoms with Gasteiger partial charge in [0.05, 0.1) is 23.3 Å². The molecule has 1 aromatic carbocycles. The first-order valence-electron chi connectivity index (χ1n) is 14.5. The Morgan fingerprint density at radius 2 is 2.00 bits per heavy atom.